The van der Waals surface area contributed by atoms with E-state index in [4.69, 9.17) is 9.47 Å². The van der Waals surface area contributed by atoms with Gasteiger partial charge in [0.25, 0.3) is 5.56 Å². The fourth-order valence-electron chi connectivity index (χ4n) is 5.74. The van der Waals surface area contributed by atoms with Crippen LogP contribution in [-0.2, 0) is 27.4 Å². The summed E-state index contributed by atoms with van der Waals surface area (Å²) in [5.74, 6) is -1.47. The molecule has 0 unspecified atom stereocenters. The number of rotatable bonds is 8. The fourth-order valence-corrected chi connectivity index (χ4v) is 5.74. The number of benzene rings is 3. The molecule has 6 rings (SSSR count). The third kappa shape index (κ3) is 6.32. The highest BCUT2D eigenvalue weighted by atomic mass is 16.6. The number of esters is 2. The predicted octanol–water partition coefficient (Wildman–Crippen LogP) is 5.85. The highest BCUT2D eigenvalue weighted by Gasteiger charge is 2.24. The number of carbonyl (C=O) groups is 3. The maximum Gasteiger partial charge on any atom is 0.338 e. The minimum atomic E-state index is -0.790. The molecule has 3 aromatic heterocycles. The van der Waals surface area contributed by atoms with Crippen molar-refractivity contribution in [2.75, 3.05) is 0 Å². The number of ether oxygens (including phenoxy) is 2. The summed E-state index contributed by atoms with van der Waals surface area (Å²) in [7, 11) is 0. The molecule has 0 radical (unpaired) electrons. The third-order valence-electron chi connectivity index (χ3n) is 7.88. The van der Waals surface area contributed by atoms with Gasteiger partial charge in [0.15, 0.2) is 0 Å². The number of aromatic nitrogens is 3. The minimum Gasteiger partial charge on any atom is -0.459 e. The van der Waals surface area contributed by atoms with Gasteiger partial charge in [-0.25, -0.2) is 14.2 Å². The molecule has 0 atom stereocenters. The first-order chi connectivity index (χ1) is 22.9. The number of pyridine rings is 1. The van der Waals surface area contributed by atoms with E-state index in [0.717, 1.165) is 26.8 Å². The number of nitrogens with zero attached hydrogens (tertiary/aromatic N) is 2. The average molecular weight is 644 g/mol. The minimum absolute atomic E-state index is 0.148. The largest absolute Gasteiger partial charge is 0.459 e. The molecule has 0 fully saturated rings. The van der Waals surface area contributed by atoms with E-state index in [1.54, 1.807) is 43.5 Å². The second-order valence-corrected chi connectivity index (χ2v) is 12.4. The Morgan fingerprint density at radius 3 is 2.23 bits per heavy atom. The van der Waals surface area contributed by atoms with Gasteiger partial charge < -0.3 is 18.9 Å². The molecule has 0 saturated heterocycles. The highest BCUT2D eigenvalue weighted by molar-refractivity contribution is 6.12. The molecular weight excluding hydrogens is 610 g/mol. The molecule has 242 valence electrons. The fraction of sp³-hybridized carbons (Fsp3) is 0.184. The lowest BCUT2D eigenvalue weighted by Gasteiger charge is -2.19. The number of H-pyrrole nitrogens is 1. The van der Waals surface area contributed by atoms with Crippen molar-refractivity contribution in [1.29, 1.82) is 0 Å². The Bertz CT molecular complexity index is 2320. The number of hydrogen-bond donors (Lipinski definition) is 1. The molecule has 0 spiro atoms. The van der Waals surface area contributed by atoms with Crippen LogP contribution in [0.1, 0.15) is 58.3 Å². The lowest BCUT2D eigenvalue weighted by Crippen LogP contribution is -2.39. The van der Waals surface area contributed by atoms with Gasteiger partial charge in [-0.2, -0.15) is 0 Å². The van der Waals surface area contributed by atoms with Crippen LogP contribution in [0.25, 0.3) is 27.5 Å². The zero-order chi connectivity index (χ0) is 34.2. The van der Waals surface area contributed by atoms with E-state index in [9.17, 15) is 24.0 Å². The first-order valence-electron chi connectivity index (χ1n) is 15.4. The van der Waals surface area contributed by atoms with Gasteiger partial charge in [0.05, 0.1) is 27.7 Å². The standard InChI is InChI=1S/C38H33N3O7/c1-23-32(25-13-15-26(16-14-25)36(45)47-22-24-10-6-5-7-11-24)30-12-8-9-19-40(30)33(23)34(43)27-17-18-28-29(20-27)39-37(46)41(35(28)44)21-31(42)48-38(2,3)4/h5-20H,21-22H2,1-4H3,(H,39,46). The Labute approximate surface area is 275 Å². The second-order valence-electron chi connectivity index (χ2n) is 12.4. The lowest BCUT2D eigenvalue weighted by atomic mass is 9.98. The SMILES string of the molecule is Cc1c(-c2ccc(C(=O)OCc3ccccc3)cc2)c2ccccn2c1C(=O)c1ccc2c(=O)n(CC(=O)OC(C)(C)C)c(=O)[nH]c2c1. The van der Waals surface area contributed by atoms with Crippen LogP contribution < -0.4 is 11.2 Å². The van der Waals surface area contributed by atoms with Crippen LogP contribution in [0.15, 0.2) is 107 Å². The first-order valence-corrected chi connectivity index (χ1v) is 15.4. The topological polar surface area (TPSA) is 129 Å². The molecule has 1 N–H and O–H groups in total. The summed E-state index contributed by atoms with van der Waals surface area (Å²) >= 11 is 0. The van der Waals surface area contributed by atoms with Gasteiger partial charge in [0, 0.05) is 17.3 Å². The molecule has 6 aromatic rings. The van der Waals surface area contributed by atoms with E-state index in [0.29, 0.717) is 16.8 Å². The summed E-state index contributed by atoms with van der Waals surface area (Å²) in [6.07, 6.45) is 1.80. The van der Waals surface area contributed by atoms with Crippen molar-refractivity contribution in [3.8, 4) is 11.1 Å². The average Bonchev–Trinajstić information content (AvgIpc) is 3.36. The van der Waals surface area contributed by atoms with Crippen LogP contribution in [0.2, 0.25) is 0 Å². The molecule has 10 nitrogen and oxygen atoms in total. The number of ketones is 1. The summed E-state index contributed by atoms with van der Waals surface area (Å²) in [5, 5.41) is 0.148. The molecule has 0 aliphatic rings. The van der Waals surface area contributed by atoms with Crippen LogP contribution in [0.4, 0.5) is 0 Å². The molecule has 0 aliphatic heterocycles. The van der Waals surface area contributed by atoms with E-state index in [1.165, 1.54) is 18.2 Å². The summed E-state index contributed by atoms with van der Waals surface area (Å²) in [6.45, 7) is 6.56. The summed E-state index contributed by atoms with van der Waals surface area (Å²) in [4.78, 5) is 67.8. The third-order valence-corrected chi connectivity index (χ3v) is 7.88. The molecule has 0 aliphatic carbocycles. The van der Waals surface area contributed by atoms with Crippen molar-refractivity contribution in [2.45, 2.75) is 46.4 Å². The summed E-state index contributed by atoms with van der Waals surface area (Å²) in [6, 6.07) is 26.6. The van der Waals surface area contributed by atoms with Crippen LogP contribution >= 0.6 is 0 Å². The number of hydrogen-bond acceptors (Lipinski definition) is 7. The van der Waals surface area contributed by atoms with Crippen molar-refractivity contribution in [2.24, 2.45) is 0 Å². The van der Waals surface area contributed by atoms with Crippen LogP contribution in [-0.4, -0.2) is 37.3 Å². The van der Waals surface area contributed by atoms with Crippen molar-refractivity contribution >= 4 is 34.1 Å². The number of carbonyl (C=O) groups excluding carboxylic acids is 3. The van der Waals surface area contributed by atoms with Gasteiger partial charge >= 0.3 is 17.6 Å². The maximum atomic E-state index is 14.1. The molecule has 3 heterocycles. The van der Waals surface area contributed by atoms with Gasteiger partial charge in [-0.1, -0.05) is 54.6 Å². The Kier molecular flexibility index (Phi) is 8.41. The lowest BCUT2D eigenvalue weighted by molar-refractivity contribution is -0.155. The summed E-state index contributed by atoms with van der Waals surface area (Å²) in [5.41, 5.74) is 3.04. The van der Waals surface area contributed by atoms with Crippen molar-refractivity contribution in [3.05, 3.63) is 146 Å². The number of nitrogens with one attached hydrogen (secondary N) is 1. The Hall–Kier alpha value is -6.03. The van der Waals surface area contributed by atoms with Gasteiger partial charge in [0.2, 0.25) is 5.78 Å². The Morgan fingerprint density at radius 1 is 0.833 bits per heavy atom. The highest BCUT2D eigenvalue weighted by Crippen LogP contribution is 2.34. The number of aromatic amines is 1. The van der Waals surface area contributed by atoms with Crippen molar-refractivity contribution in [3.63, 3.8) is 0 Å². The van der Waals surface area contributed by atoms with Crippen LogP contribution in [0, 0.1) is 6.92 Å². The van der Waals surface area contributed by atoms with E-state index >= 15 is 0 Å². The smallest absolute Gasteiger partial charge is 0.338 e. The number of fused-ring (bicyclic) bond motifs is 2. The van der Waals surface area contributed by atoms with Gasteiger partial charge in [-0.05, 0) is 80.8 Å². The molecule has 0 bridgehead atoms. The van der Waals surface area contributed by atoms with Gasteiger partial charge in [-0.15, -0.1) is 0 Å². The summed E-state index contributed by atoms with van der Waals surface area (Å²) < 4.78 is 13.3. The van der Waals surface area contributed by atoms with E-state index in [-0.39, 0.29) is 28.9 Å². The van der Waals surface area contributed by atoms with Gasteiger partial charge in [-0.3, -0.25) is 14.4 Å². The van der Waals surface area contributed by atoms with Gasteiger partial charge in [0.1, 0.15) is 18.8 Å². The van der Waals surface area contributed by atoms with E-state index < -0.39 is 35.3 Å². The Balaban J connectivity index is 1.31. The van der Waals surface area contributed by atoms with Crippen LogP contribution in [0.3, 0.4) is 0 Å². The maximum absolute atomic E-state index is 14.1. The molecule has 0 amide bonds. The van der Waals surface area contributed by atoms with E-state index in [2.05, 4.69) is 4.98 Å². The van der Waals surface area contributed by atoms with Crippen molar-refractivity contribution < 1.29 is 23.9 Å². The molecule has 0 saturated carbocycles. The first kappa shape index (κ1) is 31.9. The zero-order valence-corrected chi connectivity index (χ0v) is 26.9. The molecule has 3 aromatic carbocycles. The normalized spacial score (nSPS) is 11.5. The Morgan fingerprint density at radius 2 is 1.52 bits per heavy atom. The molecular formula is C38H33N3O7. The molecule has 10 heteroatoms. The monoisotopic (exact) mass is 643 g/mol. The quantitative estimate of drug-likeness (QED) is 0.163. The van der Waals surface area contributed by atoms with Crippen molar-refractivity contribution in [1.82, 2.24) is 14.0 Å². The van der Waals surface area contributed by atoms with E-state index in [1.807, 2.05) is 67.6 Å². The van der Waals surface area contributed by atoms with Crippen LogP contribution in [0.5, 0.6) is 0 Å². The molecule has 48 heavy (non-hydrogen) atoms. The zero-order valence-electron chi connectivity index (χ0n) is 26.9. The predicted molar refractivity (Wildman–Crippen MR) is 181 cm³/mol. The second kappa shape index (κ2) is 12.6.